The van der Waals surface area contributed by atoms with Crippen LogP contribution in [0, 0.1) is 30.1 Å². The molecule has 0 radical (unpaired) electrons. The van der Waals surface area contributed by atoms with Crippen molar-refractivity contribution in [3.63, 3.8) is 0 Å². The Morgan fingerprint density at radius 1 is 1.48 bits per heavy atom. The van der Waals surface area contributed by atoms with Gasteiger partial charge in [0.05, 0.1) is 6.54 Å². The topological polar surface area (TPSA) is 55.1 Å². The lowest BCUT2D eigenvalue weighted by atomic mass is 9.81. The van der Waals surface area contributed by atoms with Gasteiger partial charge in [0.2, 0.25) is 5.91 Å². The van der Waals surface area contributed by atoms with Crippen molar-refractivity contribution < 1.29 is 4.79 Å². The summed E-state index contributed by atoms with van der Waals surface area (Å²) in [6, 6.07) is 5.86. The molecule has 2 rings (SSSR count). The highest BCUT2D eigenvalue weighted by Crippen LogP contribution is 2.43. The van der Waals surface area contributed by atoms with Crippen LogP contribution in [0.5, 0.6) is 0 Å². The van der Waals surface area contributed by atoms with Gasteiger partial charge < -0.3 is 11.1 Å². The molecular formula is C18H24N2O. The number of anilines is 1. The second-order valence-corrected chi connectivity index (χ2v) is 6.46. The van der Waals surface area contributed by atoms with Crippen LogP contribution >= 0.6 is 0 Å². The minimum absolute atomic E-state index is 0.0922. The predicted octanol–water partition coefficient (Wildman–Crippen LogP) is 3.07. The van der Waals surface area contributed by atoms with Gasteiger partial charge in [-0.05, 0) is 42.9 Å². The molecule has 0 heterocycles. The van der Waals surface area contributed by atoms with Gasteiger partial charge in [-0.15, -0.1) is 0 Å². The molecule has 1 atom stereocenters. The minimum Gasteiger partial charge on any atom is -0.326 e. The van der Waals surface area contributed by atoms with Gasteiger partial charge in [0.1, 0.15) is 0 Å². The number of carbonyl (C=O) groups excluding carboxylic acids is 1. The summed E-state index contributed by atoms with van der Waals surface area (Å²) in [7, 11) is 0. The average Bonchev–Trinajstić information content (AvgIpc) is 2.79. The molecule has 0 aromatic heterocycles. The van der Waals surface area contributed by atoms with E-state index in [1.54, 1.807) is 0 Å². The number of hydrogen-bond donors (Lipinski definition) is 2. The number of nitrogens with two attached hydrogens (primary N) is 1. The van der Waals surface area contributed by atoms with E-state index in [2.05, 4.69) is 31.0 Å². The molecule has 112 valence electrons. The predicted molar refractivity (Wildman–Crippen MR) is 86.9 cm³/mol. The summed E-state index contributed by atoms with van der Waals surface area (Å²) < 4.78 is 0. The zero-order chi connectivity index (χ0) is 15.5. The van der Waals surface area contributed by atoms with Gasteiger partial charge in [-0.2, -0.15) is 0 Å². The van der Waals surface area contributed by atoms with Crippen molar-refractivity contribution in [2.45, 2.75) is 40.0 Å². The van der Waals surface area contributed by atoms with Crippen LogP contribution in [0.1, 0.15) is 44.2 Å². The van der Waals surface area contributed by atoms with Crippen LogP contribution in [0.15, 0.2) is 18.2 Å². The summed E-state index contributed by atoms with van der Waals surface area (Å²) in [4.78, 5) is 12.5. The largest absolute Gasteiger partial charge is 0.326 e. The molecule has 1 aromatic carbocycles. The molecule has 0 aliphatic heterocycles. The van der Waals surface area contributed by atoms with Crippen molar-refractivity contribution in [2.24, 2.45) is 17.1 Å². The van der Waals surface area contributed by atoms with E-state index >= 15 is 0 Å². The van der Waals surface area contributed by atoms with Gasteiger partial charge >= 0.3 is 0 Å². The first-order valence-corrected chi connectivity index (χ1v) is 7.54. The Bertz CT molecular complexity index is 593. The van der Waals surface area contributed by atoms with Crippen LogP contribution in [0.4, 0.5) is 5.69 Å². The highest BCUT2D eigenvalue weighted by Gasteiger charge is 2.39. The molecule has 1 amide bonds. The fourth-order valence-electron chi connectivity index (χ4n) is 3.02. The van der Waals surface area contributed by atoms with E-state index in [9.17, 15) is 4.79 Å². The molecule has 3 nitrogen and oxygen atoms in total. The van der Waals surface area contributed by atoms with Crippen LogP contribution in [0.25, 0.3) is 0 Å². The molecule has 0 bridgehead atoms. The normalized spacial score (nSPS) is 19.7. The summed E-state index contributed by atoms with van der Waals surface area (Å²) in [6.07, 6.45) is 3.22. The maximum Gasteiger partial charge on any atom is 0.228 e. The molecular weight excluding hydrogens is 260 g/mol. The Hall–Kier alpha value is -1.79. The maximum absolute atomic E-state index is 12.5. The zero-order valence-electron chi connectivity index (χ0n) is 13.1. The number of nitrogens with one attached hydrogen (secondary N) is 1. The van der Waals surface area contributed by atoms with E-state index in [1.165, 1.54) is 0 Å². The Morgan fingerprint density at radius 3 is 2.86 bits per heavy atom. The lowest BCUT2D eigenvalue weighted by Crippen LogP contribution is -2.31. The van der Waals surface area contributed by atoms with Crippen molar-refractivity contribution in [1.29, 1.82) is 0 Å². The van der Waals surface area contributed by atoms with Crippen molar-refractivity contribution in [3.05, 3.63) is 29.3 Å². The summed E-state index contributed by atoms with van der Waals surface area (Å²) in [5.74, 6) is 6.06. The van der Waals surface area contributed by atoms with E-state index in [4.69, 9.17) is 5.73 Å². The highest BCUT2D eigenvalue weighted by atomic mass is 16.1. The average molecular weight is 284 g/mol. The second kappa shape index (κ2) is 6.32. The summed E-state index contributed by atoms with van der Waals surface area (Å²) in [5, 5.41) is 3.09. The first-order valence-electron chi connectivity index (χ1n) is 7.54. The molecule has 3 N–H and O–H groups in total. The van der Waals surface area contributed by atoms with Crippen LogP contribution in [-0.4, -0.2) is 12.5 Å². The van der Waals surface area contributed by atoms with Crippen LogP contribution in [0.2, 0.25) is 0 Å². The van der Waals surface area contributed by atoms with Gasteiger partial charge in [-0.3, -0.25) is 4.79 Å². The summed E-state index contributed by atoms with van der Waals surface area (Å²) in [6.45, 7) is 6.70. The van der Waals surface area contributed by atoms with Crippen LogP contribution < -0.4 is 11.1 Å². The van der Waals surface area contributed by atoms with Gasteiger partial charge in [0, 0.05) is 17.2 Å². The van der Waals surface area contributed by atoms with Crippen molar-refractivity contribution in [1.82, 2.24) is 0 Å². The number of hydrogen-bond acceptors (Lipinski definition) is 2. The van der Waals surface area contributed by atoms with Gasteiger partial charge in [0.15, 0.2) is 0 Å². The number of carbonyl (C=O) groups is 1. The lowest BCUT2D eigenvalue weighted by Gasteiger charge is -2.26. The molecule has 3 heteroatoms. The summed E-state index contributed by atoms with van der Waals surface area (Å²) in [5.41, 5.74) is 8.27. The van der Waals surface area contributed by atoms with Crippen LogP contribution in [-0.2, 0) is 4.79 Å². The number of aryl methyl sites for hydroxylation is 1. The Kier molecular flexibility index (Phi) is 4.69. The molecule has 0 saturated heterocycles. The minimum atomic E-state index is 0.0922. The second-order valence-electron chi connectivity index (χ2n) is 6.46. The number of rotatable bonds is 2. The van der Waals surface area contributed by atoms with E-state index in [0.29, 0.717) is 6.54 Å². The third-order valence-corrected chi connectivity index (χ3v) is 4.40. The van der Waals surface area contributed by atoms with Crippen LogP contribution in [0.3, 0.4) is 0 Å². The molecule has 0 spiro atoms. The maximum atomic E-state index is 12.5. The highest BCUT2D eigenvalue weighted by molar-refractivity contribution is 5.94. The zero-order valence-corrected chi connectivity index (χ0v) is 13.1. The Labute approximate surface area is 127 Å². The quantitative estimate of drug-likeness (QED) is 0.820. The first kappa shape index (κ1) is 15.6. The molecule has 1 aromatic rings. The van der Waals surface area contributed by atoms with Gasteiger partial charge in [0.25, 0.3) is 0 Å². The van der Waals surface area contributed by atoms with E-state index in [-0.39, 0.29) is 17.2 Å². The lowest BCUT2D eigenvalue weighted by molar-refractivity contribution is -0.122. The molecule has 1 aliphatic rings. The molecule has 1 unspecified atom stereocenters. The van der Waals surface area contributed by atoms with Gasteiger partial charge in [-0.25, -0.2) is 0 Å². The molecule has 1 aliphatic carbocycles. The van der Waals surface area contributed by atoms with E-state index < -0.39 is 0 Å². The fourth-order valence-corrected chi connectivity index (χ4v) is 3.02. The fraction of sp³-hybridized carbons (Fsp3) is 0.500. The monoisotopic (exact) mass is 284 g/mol. The standard InChI is InChI=1S/C18H24N2O/c1-13-8-9-14(6-5-11-19)12-16(13)20-17(21)15-7-4-10-18(15,2)3/h8-9,12,15H,4,7,10-11,19H2,1-3H3,(H,20,21). The molecule has 21 heavy (non-hydrogen) atoms. The summed E-state index contributed by atoms with van der Waals surface area (Å²) >= 11 is 0. The first-order chi connectivity index (χ1) is 9.94. The van der Waals surface area contributed by atoms with E-state index in [1.807, 2.05) is 25.1 Å². The number of benzene rings is 1. The van der Waals surface area contributed by atoms with Crippen molar-refractivity contribution in [2.75, 3.05) is 11.9 Å². The smallest absolute Gasteiger partial charge is 0.228 e. The molecule has 1 saturated carbocycles. The Balaban J connectivity index is 2.17. The third-order valence-electron chi connectivity index (χ3n) is 4.40. The van der Waals surface area contributed by atoms with Gasteiger partial charge in [-0.1, -0.05) is 38.2 Å². The molecule has 1 fully saturated rings. The third kappa shape index (κ3) is 3.65. The van der Waals surface area contributed by atoms with E-state index in [0.717, 1.165) is 36.1 Å². The van der Waals surface area contributed by atoms with Crippen molar-refractivity contribution in [3.8, 4) is 11.8 Å². The van der Waals surface area contributed by atoms with Crippen molar-refractivity contribution >= 4 is 11.6 Å². The Morgan fingerprint density at radius 2 is 2.24 bits per heavy atom. The SMILES string of the molecule is Cc1ccc(C#CCN)cc1NC(=O)C1CCCC1(C)C. The number of amides is 1.